The van der Waals surface area contributed by atoms with Crippen LogP contribution in [-0.2, 0) is 18.3 Å². The van der Waals surface area contributed by atoms with Crippen molar-refractivity contribution in [3.05, 3.63) is 53.3 Å². The van der Waals surface area contributed by atoms with Crippen LogP contribution in [0.2, 0.25) is 0 Å². The zero-order valence-electron chi connectivity index (χ0n) is 14.6. The van der Waals surface area contributed by atoms with E-state index in [0.29, 0.717) is 13.2 Å². The maximum absolute atomic E-state index is 6.00. The molecule has 1 aliphatic heterocycles. The lowest BCUT2D eigenvalue weighted by molar-refractivity contribution is -0.00834. The highest BCUT2D eigenvalue weighted by Crippen LogP contribution is 2.24. The molecule has 1 aromatic carbocycles. The number of rotatable bonds is 3. The SMILES string of the molecule is CN=C(NCc1ccnn1C)N1CCOC(c2ccccc2C)C1. The number of hydrogen-bond acceptors (Lipinski definition) is 3. The number of aryl methyl sites for hydroxylation is 2. The molecule has 2 heterocycles. The van der Waals surface area contributed by atoms with Gasteiger partial charge in [0.15, 0.2) is 5.96 Å². The Labute approximate surface area is 143 Å². The molecule has 24 heavy (non-hydrogen) atoms. The maximum atomic E-state index is 6.00. The summed E-state index contributed by atoms with van der Waals surface area (Å²) in [5.41, 5.74) is 3.64. The number of guanidine groups is 1. The summed E-state index contributed by atoms with van der Waals surface area (Å²) in [5.74, 6) is 0.901. The van der Waals surface area contributed by atoms with Crippen LogP contribution in [0.25, 0.3) is 0 Å². The van der Waals surface area contributed by atoms with Crippen LogP contribution in [-0.4, -0.2) is 47.4 Å². The van der Waals surface area contributed by atoms with Gasteiger partial charge in [-0.15, -0.1) is 0 Å². The van der Waals surface area contributed by atoms with E-state index < -0.39 is 0 Å². The highest BCUT2D eigenvalue weighted by molar-refractivity contribution is 5.80. The second-order valence-electron chi connectivity index (χ2n) is 6.01. The van der Waals surface area contributed by atoms with E-state index in [1.807, 2.05) is 31.0 Å². The first-order chi connectivity index (χ1) is 11.7. The fourth-order valence-corrected chi connectivity index (χ4v) is 3.05. The fourth-order valence-electron chi connectivity index (χ4n) is 3.05. The molecule has 2 aromatic rings. The van der Waals surface area contributed by atoms with Gasteiger partial charge < -0.3 is 15.0 Å². The smallest absolute Gasteiger partial charge is 0.194 e. The highest BCUT2D eigenvalue weighted by atomic mass is 16.5. The molecule has 1 unspecified atom stereocenters. The monoisotopic (exact) mass is 327 g/mol. The van der Waals surface area contributed by atoms with Gasteiger partial charge in [-0.25, -0.2) is 0 Å². The van der Waals surface area contributed by atoms with E-state index in [1.54, 1.807) is 0 Å². The van der Waals surface area contributed by atoms with Crippen LogP contribution in [0.1, 0.15) is 22.9 Å². The quantitative estimate of drug-likeness (QED) is 0.691. The van der Waals surface area contributed by atoms with Crippen molar-refractivity contribution in [1.29, 1.82) is 0 Å². The summed E-state index contributed by atoms with van der Waals surface area (Å²) in [5, 5.41) is 7.63. The molecule has 128 valence electrons. The molecule has 1 atom stereocenters. The van der Waals surface area contributed by atoms with Gasteiger partial charge in [-0.1, -0.05) is 24.3 Å². The van der Waals surface area contributed by atoms with Gasteiger partial charge in [0.25, 0.3) is 0 Å². The Morgan fingerprint density at radius 3 is 2.92 bits per heavy atom. The van der Waals surface area contributed by atoms with E-state index in [9.17, 15) is 0 Å². The maximum Gasteiger partial charge on any atom is 0.194 e. The van der Waals surface area contributed by atoms with Crippen molar-refractivity contribution in [2.24, 2.45) is 12.0 Å². The topological polar surface area (TPSA) is 54.7 Å². The average molecular weight is 327 g/mol. The molecule has 1 aliphatic rings. The number of aliphatic imine (C=N–C) groups is 1. The van der Waals surface area contributed by atoms with Crippen LogP contribution in [0.5, 0.6) is 0 Å². The molecule has 0 saturated carbocycles. The van der Waals surface area contributed by atoms with E-state index >= 15 is 0 Å². The summed E-state index contributed by atoms with van der Waals surface area (Å²) in [6.45, 7) is 5.18. The molecule has 1 fully saturated rings. The van der Waals surface area contributed by atoms with Crippen molar-refractivity contribution in [1.82, 2.24) is 20.0 Å². The Morgan fingerprint density at radius 1 is 1.38 bits per heavy atom. The minimum Gasteiger partial charge on any atom is -0.370 e. The standard InChI is InChI=1S/C18H25N5O/c1-14-6-4-5-7-16(14)17-13-23(10-11-24-17)18(19-2)20-12-15-8-9-21-22(15)3/h4-9,17H,10-13H2,1-3H3,(H,19,20). The van der Waals surface area contributed by atoms with Gasteiger partial charge in [0.1, 0.15) is 6.10 Å². The van der Waals surface area contributed by atoms with Gasteiger partial charge in [0.2, 0.25) is 0 Å². The Bertz CT molecular complexity index is 709. The van der Waals surface area contributed by atoms with Crippen molar-refractivity contribution in [2.45, 2.75) is 19.6 Å². The van der Waals surface area contributed by atoms with Crippen molar-refractivity contribution >= 4 is 5.96 Å². The molecule has 6 nitrogen and oxygen atoms in total. The summed E-state index contributed by atoms with van der Waals surface area (Å²) >= 11 is 0. The van der Waals surface area contributed by atoms with Gasteiger partial charge >= 0.3 is 0 Å². The fraction of sp³-hybridized carbons (Fsp3) is 0.444. The summed E-state index contributed by atoms with van der Waals surface area (Å²) in [7, 11) is 3.77. The van der Waals surface area contributed by atoms with Gasteiger partial charge in [-0.3, -0.25) is 9.67 Å². The predicted molar refractivity (Wildman–Crippen MR) is 94.9 cm³/mol. The number of ether oxygens (including phenoxy) is 1. The van der Waals surface area contributed by atoms with Gasteiger partial charge in [0.05, 0.1) is 25.4 Å². The zero-order chi connectivity index (χ0) is 16.9. The van der Waals surface area contributed by atoms with Crippen molar-refractivity contribution in [2.75, 3.05) is 26.7 Å². The van der Waals surface area contributed by atoms with Gasteiger partial charge in [-0.05, 0) is 24.1 Å². The lowest BCUT2D eigenvalue weighted by Crippen LogP contribution is -2.48. The third-order valence-corrected chi connectivity index (χ3v) is 4.46. The van der Waals surface area contributed by atoms with E-state index in [4.69, 9.17) is 4.74 Å². The third kappa shape index (κ3) is 3.59. The first-order valence-corrected chi connectivity index (χ1v) is 8.28. The van der Waals surface area contributed by atoms with Crippen LogP contribution in [0.3, 0.4) is 0 Å². The van der Waals surface area contributed by atoms with Crippen LogP contribution in [0.4, 0.5) is 0 Å². The lowest BCUT2D eigenvalue weighted by Gasteiger charge is -2.35. The summed E-state index contributed by atoms with van der Waals surface area (Å²) in [6.07, 6.45) is 1.89. The molecule has 1 aromatic heterocycles. The largest absolute Gasteiger partial charge is 0.370 e. The predicted octanol–water partition coefficient (Wildman–Crippen LogP) is 1.88. The van der Waals surface area contributed by atoms with Crippen molar-refractivity contribution in [3.63, 3.8) is 0 Å². The van der Waals surface area contributed by atoms with Crippen LogP contribution in [0.15, 0.2) is 41.5 Å². The molecule has 0 radical (unpaired) electrons. The van der Waals surface area contributed by atoms with E-state index in [-0.39, 0.29) is 6.10 Å². The molecule has 0 spiro atoms. The molecule has 0 aliphatic carbocycles. The molecular formula is C18H25N5O. The van der Waals surface area contributed by atoms with Gasteiger partial charge in [-0.2, -0.15) is 5.10 Å². The Kier molecular flexibility index (Phi) is 5.15. The molecule has 0 bridgehead atoms. The van der Waals surface area contributed by atoms with Crippen LogP contribution < -0.4 is 5.32 Å². The number of aromatic nitrogens is 2. The second kappa shape index (κ2) is 7.49. The molecule has 1 saturated heterocycles. The first kappa shape index (κ1) is 16.5. The Balaban J connectivity index is 1.66. The summed E-state index contributed by atoms with van der Waals surface area (Å²) < 4.78 is 7.87. The molecule has 3 rings (SSSR count). The van der Waals surface area contributed by atoms with Gasteiger partial charge in [0, 0.05) is 26.8 Å². The van der Waals surface area contributed by atoms with Crippen molar-refractivity contribution < 1.29 is 4.74 Å². The van der Waals surface area contributed by atoms with Crippen LogP contribution in [0, 0.1) is 6.92 Å². The minimum atomic E-state index is 0.0789. The number of nitrogens with one attached hydrogen (secondary N) is 1. The number of nitrogens with zero attached hydrogens (tertiary/aromatic N) is 4. The number of benzene rings is 1. The number of morpholine rings is 1. The van der Waals surface area contributed by atoms with Crippen molar-refractivity contribution in [3.8, 4) is 0 Å². The zero-order valence-corrected chi connectivity index (χ0v) is 14.6. The number of hydrogen-bond donors (Lipinski definition) is 1. The lowest BCUT2D eigenvalue weighted by atomic mass is 10.0. The normalized spacial score (nSPS) is 18.7. The molecule has 0 amide bonds. The third-order valence-electron chi connectivity index (χ3n) is 4.46. The molecular weight excluding hydrogens is 302 g/mol. The molecule has 6 heteroatoms. The minimum absolute atomic E-state index is 0.0789. The van der Waals surface area contributed by atoms with Crippen LogP contribution >= 0.6 is 0 Å². The second-order valence-corrected chi connectivity index (χ2v) is 6.01. The molecule has 1 N–H and O–H groups in total. The van der Waals surface area contributed by atoms with E-state index in [2.05, 4.69) is 51.5 Å². The Hall–Kier alpha value is -2.34. The Morgan fingerprint density at radius 2 is 2.21 bits per heavy atom. The average Bonchev–Trinajstić information content (AvgIpc) is 3.01. The summed E-state index contributed by atoms with van der Waals surface area (Å²) in [4.78, 5) is 6.70. The van der Waals surface area contributed by atoms with E-state index in [1.165, 1.54) is 11.1 Å². The first-order valence-electron chi connectivity index (χ1n) is 8.28. The summed E-state index contributed by atoms with van der Waals surface area (Å²) in [6, 6.07) is 10.4. The highest BCUT2D eigenvalue weighted by Gasteiger charge is 2.25. The van der Waals surface area contributed by atoms with E-state index in [0.717, 1.165) is 24.7 Å².